The van der Waals surface area contributed by atoms with Gasteiger partial charge in [0.05, 0.1) is 25.2 Å². The topological polar surface area (TPSA) is 50.4 Å². The molecular weight excluding hydrogens is 320 g/mol. The average Bonchev–Trinajstić information content (AvgIpc) is 2.88. The largest absolute Gasteiger partial charge is 0.379 e. The van der Waals surface area contributed by atoms with Gasteiger partial charge in [0.15, 0.2) is 0 Å². The Kier molecular flexibility index (Phi) is 5.57. The normalized spacial score (nSPS) is 23.6. The third kappa shape index (κ3) is 3.81. The van der Waals surface area contributed by atoms with E-state index in [1.54, 1.807) is 0 Å². The van der Waals surface area contributed by atoms with Gasteiger partial charge in [-0.05, 0) is 31.2 Å². The molecule has 0 spiro atoms. The molecule has 0 aliphatic carbocycles. The van der Waals surface area contributed by atoms with Crippen molar-refractivity contribution in [2.24, 2.45) is 5.92 Å². The summed E-state index contributed by atoms with van der Waals surface area (Å²) in [6.07, 6.45) is 0. The van der Waals surface area contributed by atoms with E-state index in [-0.39, 0.29) is 23.9 Å². The number of benzene rings is 1. The molecule has 1 amide bonds. The minimum atomic E-state index is -0.104. The van der Waals surface area contributed by atoms with Crippen LogP contribution in [0.25, 0.3) is 0 Å². The monoisotopic (exact) mass is 340 g/mol. The van der Waals surface area contributed by atoms with E-state index >= 15 is 0 Å². The lowest BCUT2D eigenvalue weighted by molar-refractivity contribution is -0.126. The number of likely N-dealkylation sites (N-methyl/N-ethyl adjacent to an activating group) is 1. The van der Waals surface area contributed by atoms with Crippen molar-refractivity contribution in [3.63, 3.8) is 0 Å². The van der Waals surface area contributed by atoms with E-state index in [9.17, 15) is 4.79 Å². The summed E-state index contributed by atoms with van der Waals surface area (Å²) in [6.45, 7) is 5.99. The van der Waals surface area contributed by atoms with Crippen LogP contribution in [-0.4, -0.2) is 31.7 Å². The summed E-state index contributed by atoms with van der Waals surface area (Å²) in [6, 6.07) is 8.12. The quantitative estimate of drug-likeness (QED) is 0.864. The number of amides is 1. The molecule has 5 heteroatoms. The molecule has 1 saturated heterocycles. The van der Waals surface area contributed by atoms with Crippen molar-refractivity contribution in [3.05, 3.63) is 34.3 Å². The molecular formula is C15H21BrN2O2. The van der Waals surface area contributed by atoms with Gasteiger partial charge in [0, 0.05) is 10.5 Å². The third-order valence-corrected chi connectivity index (χ3v) is 4.14. The third-order valence-electron chi connectivity index (χ3n) is 3.61. The van der Waals surface area contributed by atoms with E-state index in [1.807, 2.05) is 38.1 Å². The lowest BCUT2D eigenvalue weighted by atomic mass is 10.0. The van der Waals surface area contributed by atoms with Crippen LogP contribution in [0.5, 0.6) is 0 Å². The lowest BCUT2D eigenvalue weighted by Gasteiger charge is -2.21. The van der Waals surface area contributed by atoms with Crippen molar-refractivity contribution < 1.29 is 9.53 Å². The van der Waals surface area contributed by atoms with E-state index in [2.05, 4.69) is 26.6 Å². The summed E-state index contributed by atoms with van der Waals surface area (Å²) in [5.74, 6) is -0.0447. The van der Waals surface area contributed by atoms with E-state index in [0.29, 0.717) is 13.2 Å². The Labute approximate surface area is 128 Å². The molecule has 2 rings (SSSR count). The second-order valence-electron chi connectivity index (χ2n) is 5.09. The predicted molar refractivity (Wildman–Crippen MR) is 82.5 cm³/mol. The van der Waals surface area contributed by atoms with Gasteiger partial charge in [0.2, 0.25) is 5.91 Å². The van der Waals surface area contributed by atoms with Gasteiger partial charge in [-0.1, -0.05) is 35.0 Å². The Morgan fingerprint density at radius 1 is 1.40 bits per heavy atom. The number of carbonyl (C=O) groups excluding carboxylic acids is 1. The van der Waals surface area contributed by atoms with Gasteiger partial charge in [-0.2, -0.15) is 0 Å². The van der Waals surface area contributed by atoms with Crippen LogP contribution >= 0.6 is 15.9 Å². The highest BCUT2D eigenvalue weighted by atomic mass is 79.9. The maximum atomic E-state index is 12.3. The first kappa shape index (κ1) is 15.5. The number of carbonyl (C=O) groups is 1. The second kappa shape index (κ2) is 7.20. The SMILES string of the molecule is CCNC1COCC1C(=O)N[C@H](C)c1ccc(Br)cc1. The first-order chi connectivity index (χ1) is 9.61. The fraction of sp³-hybridized carbons (Fsp3) is 0.533. The van der Waals surface area contributed by atoms with Crippen molar-refractivity contribution >= 4 is 21.8 Å². The summed E-state index contributed by atoms with van der Waals surface area (Å²) in [5.41, 5.74) is 1.10. The van der Waals surface area contributed by atoms with Gasteiger partial charge in [-0.3, -0.25) is 4.79 Å². The van der Waals surface area contributed by atoms with Crippen LogP contribution in [0.1, 0.15) is 25.5 Å². The highest BCUT2D eigenvalue weighted by molar-refractivity contribution is 9.10. The molecule has 1 aromatic carbocycles. The van der Waals surface area contributed by atoms with Gasteiger partial charge in [0.1, 0.15) is 0 Å². The molecule has 2 unspecified atom stereocenters. The molecule has 3 atom stereocenters. The Morgan fingerprint density at radius 2 is 2.10 bits per heavy atom. The maximum Gasteiger partial charge on any atom is 0.227 e. The Bertz CT molecular complexity index is 450. The fourth-order valence-corrected chi connectivity index (χ4v) is 2.70. The minimum Gasteiger partial charge on any atom is -0.379 e. The highest BCUT2D eigenvalue weighted by Crippen LogP contribution is 2.19. The van der Waals surface area contributed by atoms with Crippen LogP contribution in [0.3, 0.4) is 0 Å². The number of halogens is 1. The van der Waals surface area contributed by atoms with Crippen molar-refractivity contribution in [2.75, 3.05) is 19.8 Å². The maximum absolute atomic E-state index is 12.3. The van der Waals surface area contributed by atoms with E-state index < -0.39 is 0 Å². The first-order valence-corrected chi connectivity index (χ1v) is 7.78. The molecule has 4 nitrogen and oxygen atoms in total. The smallest absolute Gasteiger partial charge is 0.227 e. The summed E-state index contributed by atoms with van der Waals surface area (Å²) < 4.78 is 6.46. The molecule has 1 aliphatic heterocycles. The van der Waals surface area contributed by atoms with E-state index in [4.69, 9.17) is 4.74 Å². The van der Waals surface area contributed by atoms with Crippen molar-refractivity contribution in [1.29, 1.82) is 0 Å². The predicted octanol–water partition coefficient (Wildman–Crippen LogP) is 2.25. The average molecular weight is 341 g/mol. The van der Waals surface area contributed by atoms with Crippen LogP contribution in [0.4, 0.5) is 0 Å². The van der Waals surface area contributed by atoms with E-state index in [0.717, 1.165) is 16.6 Å². The highest BCUT2D eigenvalue weighted by Gasteiger charge is 2.33. The molecule has 2 N–H and O–H groups in total. The van der Waals surface area contributed by atoms with Crippen molar-refractivity contribution in [3.8, 4) is 0 Å². The summed E-state index contributed by atoms with van der Waals surface area (Å²) in [4.78, 5) is 12.3. The molecule has 0 saturated carbocycles. The summed E-state index contributed by atoms with van der Waals surface area (Å²) in [5, 5.41) is 6.38. The molecule has 0 aromatic heterocycles. The van der Waals surface area contributed by atoms with Gasteiger partial charge in [-0.25, -0.2) is 0 Å². The fourth-order valence-electron chi connectivity index (χ4n) is 2.43. The molecule has 1 aromatic rings. The zero-order valence-electron chi connectivity index (χ0n) is 11.9. The van der Waals surface area contributed by atoms with Gasteiger partial charge in [0.25, 0.3) is 0 Å². The van der Waals surface area contributed by atoms with Crippen LogP contribution in [-0.2, 0) is 9.53 Å². The van der Waals surface area contributed by atoms with Gasteiger partial charge < -0.3 is 15.4 Å². The molecule has 20 heavy (non-hydrogen) atoms. The zero-order valence-corrected chi connectivity index (χ0v) is 13.4. The molecule has 0 bridgehead atoms. The first-order valence-electron chi connectivity index (χ1n) is 6.98. The Morgan fingerprint density at radius 3 is 2.75 bits per heavy atom. The molecule has 0 radical (unpaired) electrons. The van der Waals surface area contributed by atoms with Gasteiger partial charge >= 0.3 is 0 Å². The van der Waals surface area contributed by atoms with Crippen LogP contribution in [0.15, 0.2) is 28.7 Å². The number of hydrogen-bond donors (Lipinski definition) is 2. The minimum absolute atomic E-state index is 0.00141. The van der Waals surface area contributed by atoms with Crippen molar-refractivity contribution in [2.45, 2.75) is 25.9 Å². The second-order valence-corrected chi connectivity index (χ2v) is 6.01. The molecule has 110 valence electrons. The molecule has 1 heterocycles. The van der Waals surface area contributed by atoms with Crippen molar-refractivity contribution in [1.82, 2.24) is 10.6 Å². The van der Waals surface area contributed by atoms with Crippen LogP contribution in [0, 0.1) is 5.92 Å². The van der Waals surface area contributed by atoms with E-state index in [1.165, 1.54) is 0 Å². The number of nitrogens with one attached hydrogen (secondary N) is 2. The van der Waals surface area contributed by atoms with Crippen LogP contribution < -0.4 is 10.6 Å². The van der Waals surface area contributed by atoms with Crippen LogP contribution in [0.2, 0.25) is 0 Å². The molecule has 1 fully saturated rings. The standard InChI is InChI=1S/C15H21BrN2O2/c1-3-17-14-9-20-8-13(14)15(19)18-10(2)11-4-6-12(16)7-5-11/h4-7,10,13-14,17H,3,8-9H2,1-2H3,(H,18,19)/t10-,13?,14?/m1/s1. The number of ether oxygens (including phenoxy) is 1. The Balaban J connectivity index is 1.95. The lowest BCUT2D eigenvalue weighted by Crippen LogP contribution is -2.44. The number of hydrogen-bond acceptors (Lipinski definition) is 3. The summed E-state index contributed by atoms with van der Waals surface area (Å²) >= 11 is 3.41. The summed E-state index contributed by atoms with van der Waals surface area (Å²) in [7, 11) is 0. The Hall–Kier alpha value is -0.910. The molecule has 1 aliphatic rings. The zero-order chi connectivity index (χ0) is 14.5. The number of rotatable bonds is 5. The van der Waals surface area contributed by atoms with Gasteiger partial charge in [-0.15, -0.1) is 0 Å².